The maximum absolute atomic E-state index is 12.1. The van der Waals surface area contributed by atoms with Gasteiger partial charge in [-0.1, -0.05) is 18.5 Å². The molecule has 0 saturated carbocycles. The van der Waals surface area contributed by atoms with Gasteiger partial charge >= 0.3 is 0 Å². The molecule has 19 heavy (non-hydrogen) atoms. The van der Waals surface area contributed by atoms with E-state index in [-0.39, 0.29) is 5.56 Å². The maximum Gasteiger partial charge on any atom is 0.260 e. The summed E-state index contributed by atoms with van der Waals surface area (Å²) in [4.78, 5) is 18.8. The molecule has 4 nitrogen and oxygen atoms in total. The molecule has 0 amide bonds. The molecule has 5 heteroatoms. The summed E-state index contributed by atoms with van der Waals surface area (Å²) in [6, 6.07) is 5.13. The summed E-state index contributed by atoms with van der Waals surface area (Å²) in [7, 11) is 0. The Kier molecular flexibility index (Phi) is 3.19. The molecule has 0 spiro atoms. The van der Waals surface area contributed by atoms with E-state index in [0.717, 1.165) is 37.7 Å². The zero-order valence-electron chi connectivity index (χ0n) is 10.8. The summed E-state index contributed by atoms with van der Waals surface area (Å²) in [6.07, 6.45) is 3.91. The lowest BCUT2D eigenvalue weighted by molar-refractivity contribution is 0.436. The van der Waals surface area contributed by atoms with Crippen LogP contribution in [0, 0.1) is 5.92 Å². The zero-order chi connectivity index (χ0) is 13.4. The summed E-state index contributed by atoms with van der Waals surface area (Å²) >= 11 is 5.90. The third kappa shape index (κ3) is 2.45. The van der Waals surface area contributed by atoms with Crippen LogP contribution in [0.25, 0.3) is 5.65 Å². The molecule has 100 valence electrons. The molecule has 3 heterocycles. The number of aromatic nitrogens is 2. The first-order chi connectivity index (χ1) is 9.13. The summed E-state index contributed by atoms with van der Waals surface area (Å²) in [5.74, 6) is 1.54. The Morgan fingerprint density at radius 1 is 1.32 bits per heavy atom. The Morgan fingerprint density at radius 3 is 2.79 bits per heavy atom. The number of piperidine rings is 1. The zero-order valence-corrected chi connectivity index (χ0v) is 11.6. The predicted octanol–water partition coefficient (Wildman–Crippen LogP) is 2.58. The van der Waals surface area contributed by atoms with Crippen LogP contribution in [0.4, 0.5) is 5.82 Å². The SMILES string of the molecule is CC1CCN(c2cc(=O)n3cc(Cl)ccc3n2)CC1. The van der Waals surface area contributed by atoms with Gasteiger partial charge in [0.1, 0.15) is 11.5 Å². The van der Waals surface area contributed by atoms with Crippen molar-refractivity contribution in [3.63, 3.8) is 0 Å². The van der Waals surface area contributed by atoms with E-state index >= 15 is 0 Å². The van der Waals surface area contributed by atoms with Crippen LogP contribution in [-0.4, -0.2) is 22.5 Å². The smallest absolute Gasteiger partial charge is 0.260 e. The quantitative estimate of drug-likeness (QED) is 0.804. The topological polar surface area (TPSA) is 37.6 Å². The van der Waals surface area contributed by atoms with Crippen LogP contribution in [0.5, 0.6) is 0 Å². The minimum absolute atomic E-state index is 0.0823. The highest BCUT2D eigenvalue weighted by Crippen LogP contribution is 2.21. The molecule has 1 fully saturated rings. The predicted molar refractivity (Wildman–Crippen MR) is 77.1 cm³/mol. The highest BCUT2D eigenvalue weighted by atomic mass is 35.5. The minimum atomic E-state index is -0.0823. The number of hydrogen-bond donors (Lipinski definition) is 0. The van der Waals surface area contributed by atoms with Crippen LogP contribution in [0.2, 0.25) is 5.02 Å². The average molecular weight is 278 g/mol. The van der Waals surface area contributed by atoms with Crippen molar-refractivity contribution in [1.82, 2.24) is 9.38 Å². The summed E-state index contributed by atoms with van der Waals surface area (Å²) in [5.41, 5.74) is 0.562. The van der Waals surface area contributed by atoms with Gasteiger partial charge in [0, 0.05) is 25.4 Å². The van der Waals surface area contributed by atoms with Gasteiger partial charge in [0.25, 0.3) is 5.56 Å². The number of nitrogens with zero attached hydrogens (tertiary/aromatic N) is 3. The number of anilines is 1. The molecule has 1 aliphatic rings. The highest BCUT2D eigenvalue weighted by molar-refractivity contribution is 6.30. The van der Waals surface area contributed by atoms with Gasteiger partial charge in [-0.25, -0.2) is 4.98 Å². The molecule has 2 aromatic heterocycles. The van der Waals surface area contributed by atoms with Gasteiger partial charge < -0.3 is 4.90 Å². The van der Waals surface area contributed by atoms with Crippen molar-refractivity contribution < 1.29 is 0 Å². The van der Waals surface area contributed by atoms with E-state index in [1.54, 1.807) is 24.4 Å². The largest absolute Gasteiger partial charge is 0.356 e. The third-order valence-corrected chi connectivity index (χ3v) is 3.94. The van der Waals surface area contributed by atoms with Gasteiger partial charge in [-0.3, -0.25) is 9.20 Å². The average Bonchev–Trinajstić information content (AvgIpc) is 2.40. The van der Waals surface area contributed by atoms with Gasteiger partial charge in [-0.15, -0.1) is 0 Å². The fourth-order valence-electron chi connectivity index (χ4n) is 2.46. The lowest BCUT2D eigenvalue weighted by atomic mass is 9.99. The molecule has 1 aliphatic heterocycles. The first kappa shape index (κ1) is 12.5. The Hall–Kier alpha value is -1.55. The lowest BCUT2D eigenvalue weighted by Crippen LogP contribution is -2.34. The number of pyridine rings is 1. The van der Waals surface area contributed by atoms with E-state index in [4.69, 9.17) is 11.6 Å². The van der Waals surface area contributed by atoms with Gasteiger partial charge in [0.2, 0.25) is 0 Å². The standard InChI is InChI=1S/C14H16ClN3O/c1-10-4-6-17(7-5-10)13-8-14(19)18-9-11(15)2-3-12(18)16-13/h2-3,8-10H,4-7H2,1H3. The second-order valence-electron chi connectivity index (χ2n) is 5.20. The fraction of sp³-hybridized carbons (Fsp3) is 0.429. The van der Waals surface area contributed by atoms with E-state index < -0.39 is 0 Å². The van der Waals surface area contributed by atoms with Crippen molar-refractivity contribution in [3.05, 3.63) is 39.8 Å². The summed E-state index contributed by atoms with van der Waals surface area (Å²) in [5, 5.41) is 0.538. The molecular weight excluding hydrogens is 262 g/mol. The van der Waals surface area contributed by atoms with Crippen molar-refractivity contribution >= 4 is 23.1 Å². The van der Waals surface area contributed by atoms with Crippen molar-refractivity contribution in [1.29, 1.82) is 0 Å². The number of rotatable bonds is 1. The Morgan fingerprint density at radius 2 is 2.05 bits per heavy atom. The van der Waals surface area contributed by atoms with Crippen molar-refractivity contribution in [2.75, 3.05) is 18.0 Å². The second-order valence-corrected chi connectivity index (χ2v) is 5.63. The van der Waals surface area contributed by atoms with Crippen molar-refractivity contribution in [2.24, 2.45) is 5.92 Å². The molecule has 1 saturated heterocycles. The van der Waals surface area contributed by atoms with E-state index in [0.29, 0.717) is 10.7 Å². The van der Waals surface area contributed by atoms with Crippen LogP contribution in [0.15, 0.2) is 29.2 Å². The van der Waals surface area contributed by atoms with Gasteiger partial charge in [-0.05, 0) is 30.9 Å². The summed E-state index contributed by atoms with van der Waals surface area (Å²) in [6.45, 7) is 4.21. The molecular formula is C14H16ClN3O. The lowest BCUT2D eigenvalue weighted by Gasteiger charge is -2.31. The fourth-order valence-corrected chi connectivity index (χ4v) is 2.62. The molecule has 3 rings (SSSR count). The Labute approximate surface area is 116 Å². The monoisotopic (exact) mass is 277 g/mol. The first-order valence-electron chi connectivity index (χ1n) is 6.57. The third-order valence-electron chi connectivity index (χ3n) is 3.72. The molecule has 0 atom stereocenters. The van der Waals surface area contributed by atoms with Gasteiger partial charge in [0.05, 0.1) is 5.02 Å². The molecule has 0 radical (unpaired) electrons. The van der Waals surface area contributed by atoms with Crippen molar-refractivity contribution in [3.8, 4) is 0 Å². The van der Waals surface area contributed by atoms with E-state index in [2.05, 4.69) is 16.8 Å². The molecule has 0 aromatic carbocycles. The van der Waals surface area contributed by atoms with Crippen LogP contribution in [0.3, 0.4) is 0 Å². The van der Waals surface area contributed by atoms with Gasteiger partial charge in [0.15, 0.2) is 0 Å². The number of halogens is 1. The molecule has 0 bridgehead atoms. The van der Waals surface area contributed by atoms with Crippen LogP contribution >= 0.6 is 11.6 Å². The van der Waals surface area contributed by atoms with E-state index in [9.17, 15) is 4.79 Å². The molecule has 2 aromatic rings. The highest BCUT2D eigenvalue weighted by Gasteiger charge is 2.17. The normalized spacial score (nSPS) is 17.1. The van der Waals surface area contributed by atoms with Crippen LogP contribution < -0.4 is 10.5 Å². The van der Waals surface area contributed by atoms with E-state index in [1.807, 2.05) is 0 Å². The maximum atomic E-state index is 12.1. The van der Waals surface area contributed by atoms with Gasteiger partial charge in [-0.2, -0.15) is 0 Å². The van der Waals surface area contributed by atoms with Crippen LogP contribution in [-0.2, 0) is 0 Å². The summed E-state index contributed by atoms with van der Waals surface area (Å²) < 4.78 is 1.48. The minimum Gasteiger partial charge on any atom is -0.356 e. The molecule has 0 N–H and O–H groups in total. The molecule has 0 aliphatic carbocycles. The Balaban J connectivity index is 2.01. The van der Waals surface area contributed by atoms with Crippen LogP contribution in [0.1, 0.15) is 19.8 Å². The first-order valence-corrected chi connectivity index (χ1v) is 6.95. The number of fused-ring (bicyclic) bond motifs is 1. The van der Waals surface area contributed by atoms with Crippen molar-refractivity contribution in [2.45, 2.75) is 19.8 Å². The second kappa shape index (κ2) is 4.85. The molecule has 0 unspecified atom stereocenters. The number of hydrogen-bond acceptors (Lipinski definition) is 3. The van der Waals surface area contributed by atoms with E-state index in [1.165, 1.54) is 4.40 Å². The Bertz CT molecular complexity index is 659.